The standard InChI is InChI=1S/C20H19ClO2/c1-22-17-12-8-15(9-13-17)20-18(4-3-5-19(20)23-2)14-6-10-16(21)11-7-14/h4,6-13H,3,5H2,1-2H3. The summed E-state index contributed by atoms with van der Waals surface area (Å²) >= 11 is 6.02. The number of methoxy groups -OCH3 is 2. The van der Waals surface area contributed by atoms with Crippen LogP contribution in [0.25, 0.3) is 11.1 Å². The van der Waals surface area contributed by atoms with Crippen LogP contribution in [0.4, 0.5) is 0 Å². The summed E-state index contributed by atoms with van der Waals surface area (Å²) in [6, 6.07) is 16.0. The minimum atomic E-state index is 0.743. The van der Waals surface area contributed by atoms with Crippen LogP contribution in [0.1, 0.15) is 24.0 Å². The smallest absolute Gasteiger partial charge is 0.118 e. The molecule has 1 aliphatic rings. The van der Waals surface area contributed by atoms with Crippen LogP contribution >= 0.6 is 11.6 Å². The highest BCUT2D eigenvalue weighted by molar-refractivity contribution is 6.30. The number of hydrogen-bond donors (Lipinski definition) is 0. The summed E-state index contributed by atoms with van der Waals surface area (Å²) in [5.74, 6) is 1.86. The molecule has 0 heterocycles. The van der Waals surface area contributed by atoms with Crippen molar-refractivity contribution in [3.05, 3.63) is 76.5 Å². The molecule has 0 spiro atoms. The number of rotatable bonds is 4. The summed E-state index contributed by atoms with van der Waals surface area (Å²) in [5, 5.41) is 0.743. The summed E-state index contributed by atoms with van der Waals surface area (Å²) in [6.45, 7) is 0. The van der Waals surface area contributed by atoms with Gasteiger partial charge in [0.05, 0.1) is 14.2 Å². The first kappa shape index (κ1) is 15.7. The van der Waals surface area contributed by atoms with Gasteiger partial charge in [-0.25, -0.2) is 0 Å². The second-order valence-corrected chi connectivity index (χ2v) is 5.83. The van der Waals surface area contributed by atoms with Crippen molar-refractivity contribution < 1.29 is 9.47 Å². The average molecular weight is 327 g/mol. The van der Waals surface area contributed by atoms with E-state index in [9.17, 15) is 0 Å². The van der Waals surface area contributed by atoms with Crippen LogP contribution in [0.3, 0.4) is 0 Å². The van der Waals surface area contributed by atoms with Crippen molar-refractivity contribution in [2.24, 2.45) is 0 Å². The lowest BCUT2D eigenvalue weighted by Gasteiger charge is -2.22. The predicted octanol–water partition coefficient (Wildman–Crippen LogP) is 5.58. The minimum Gasteiger partial charge on any atom is -0.500 e. The van der Waals surface area contributed by atoms with E-state index in [0.29, 0.717) is 0 Å². The highest BCUT2D eigenvalue weighted by Gasteiger charge is 2.20. The van der Waals surface area contributed by atoms with Crippen molar-refractivity contribution in [3.63, 3.8) is 0 Å². The summed E-state index contributed by atoms with van der Waals surface area (Å²) in [5.41, 5.74) is 4.61. The molecule has 0 unspecified atom stereocenters. The van der Waals surface area contributed by atoms with Gasteiger partial charge in [-0.1, -0.05) is 41.9 Å². The van der Waals surface area contributed by atoms with Gasteiger partial charge in [-0.3, -0.25) is 0 Å². The molecular formula is C20H19ClO2. The van der Waals surface area contributed by atoms with Gasteiger partial charge >= 0.3 is 0 Å². The number of ether oxygens (including phenoxy) is 2. The molecule has 0 radical (unpaired) electrons. The minimum absolute atomic E-state index is 0.743. The largest absolute Gasteiger partial charge is 0.500 e. The zero-order valence-electron chi connectivity index (χ0n) is 13.3. The Balaban J connectivity index is 2.08. The fraction of sp³-hybridized carbons (Fsp3) is 0.200. The van der Waals surface area contributed by atoms with Crippen LogP contribution in [0.5, 0.6) is 5.75 Å². The first-order valence-corrected chi connectivity index (χ1v) is 7.98. The molecule has 0 saturated carbocycles. The SMILES string of the molecule is COC1=C(c2ccc(OC)cc2)C(c2ccc(Cl)cc2)=CCC1. The van der Waals surface area contributed by atoms with Crippen LogP contribution in [-0.4, -0.2) is 14.2 Å². The van der Waals surface area contributed by atoms with Crippen molar-refractivity contribution in [2.45, 2.75) is 12.8 Å². The summed E-state index contributed by atoms with van der Waals surface area (Å²) in [7, 11) is 3.41. The lowest BCUT2D eigenvalue weighted by molar-refractivity contribution is 0.279. The maximum absolute atomic E-state index is 6.02. The van der Waals surface area contributed by atoms with E-state index in [1.165, 1.54) is 5.57 Å². The summed E-state index contributed by atoms with van der Waals surface area (Å²) < 4.78 is 10.9. The predicted molar refractivity (Wildman–Crippen MR) is 95.6 cm³/mol. The highest BCUT2D eigenvalue weighted by Crippen LogP contribution is 2.40. The Hall–Kier alpha value is -2.19. The van der Waals surface area contributed by atoms with Gasteiger partial charge in [-0.2, -0.15) is 0 Å². The average Bonchev–Trinajstić information content (AvgIpc) is 2.62. The first-order valence-electron chi connectivity index (χ1n) is 7.61. The van der Waals surface area contributed by atoms with Crippen LogP contribution in [0.15, 0.2) is 60.4 Å². The van der Waals surface area contributed by atoms with Gasteiger partial charge in [0.1, 0.15) is 11.5 Å². The highest BCUT2D eigenvalue weighted by atomic mass is 35.5. The van der Waals surface area contributed by atoms with Crippen LogP contribution in [-0.2, 0) is 4.74 Å². The van der Waals surface area contributed by atoms with E-state index in [0.717, 1.165) is 46.1 Å². The Morgan fingerprint density at radius 3 is 2.09 bits per heavy atom. The van der Waals surface area contributed by atoms with E-state index >= 15 is 0 Å². The fourth-order valence-corrected chi connectivity index (χ4v) is 3.02. The Morgan fingerprint density at radius 2 is 1.48 bits per heavy atom. The van der Waals surface area contributed by atoms with Gasteiger partial charge in [-0.05, 0) is 47.4 Å². The molecule has 0 aromatic heterocycles. The lowest BCUT2D eigenvalue weighted by atomic mass is 9.86. The normalized spacial score (nSPS) is 14.5. The molecule has 2 aromatic rings. The number of halogens is 1. The Kier molecular flexibility index (Phi) is 4.73. The lowest BCUT2D eigenvalue weighted by Crippen LogP contribution is -2.03. The molecule has 0 fully saturated rings. The molecule has 2 aromatic carbocycles. The van der Waals surface area contributed by atoms with Crippen LogP contribution in [0, 0.1) is 0 Å². The van der Waals surface area contributed by atoms with E-state index in [2.05, 4.69) is 30.3 Å². The molecule has 3 heteroatoms. The van der Waals surface area contributed by atoms with Gasteiger partial charge in [0.2, 0.25) is 0 Å². The number of hydrogen-bond acceptors (Lipinski definition) is 2. The quantitative estimate of drug-likeness (QED) is 0.729. The van der Waals surface area contributed by atoms with Gasteiger partial charge in [-0.15, -0.1) is 0 Å². The van der Waals surface area contributed by atoms with E-state index in [-0.39, 0.29) is 0 Å². The number of benzene rings is 2. The van der Waals surface area contributed by atoms with E-state index in [4.69, 9.17) is 21.1 Å². The zero-order chi connectivity index (χ0) is 16.2. The number of allylic oxidation sites excluding steroid dienone is 4. The molecule has 2 nitrogen and oxygen atoms in total. The van der Waals surface area contributed by atoms with Gasteiger partial charge in [0.25, 0.3) is 0 Å². The molecule has 0 amide bonds. The molecule has 0 N–H and O–H groups in total. The first-order chi connectivity index (χ1) is 11.2. The molecule has 0 atom stereocenters. The van der Waals surface area contributed by atoms with Crippen LogP contribution < -0.4 is 4.74 Å². The molecule has 1 aliphatic carbocycles. The topological polar surface area (TPSA) is 18.5 Å². The van der Waals surface area contributed by atoms with E-state index in [1.807, 2.05) is 24.3 Å². The van der Waals surface area contributed by atoms with Crippen molar-refractivity contribution in [3.8, 4) is 5.75 Å². The molecule has 3 rings (SSSR count). The Morgan fingerprint density at radius 1 is 0.826 bits per heavy atom. The maximum Gasteiger partial charge on any atom is 0.118 e. The third-order valence-corrected chi connectivity index (χ3v) is 4.30. The van der Waals surface area contributed by atoms with Crippen LogP contribution in [0.2, 0.25) is 5.02 Å². The van der Waals surface area contributed by atoms with Crippen molar-refractivity contribution >= 4 is 22.7 Å². The zero-order valence-corrected chi connectivity index (χ0v) is 14.1. The van der Waals surface area contributed by atoms with E-state index < -0.39 is 0 Å². The maximum atomic E-state index is 6.02. The summed E-state index contributed by atoms with van der Waals surface area (Å²) in [4.78, 5) is 0. The Labute approximate surface area is 142 Å². The van der Waals surface area contributed by atoms with Gasteiger partial charge in [0, 0.05) is 17.0 Å². The summed E-state index contributed by atoms with van der Waals surface area (Å²) in [6.07, 6.45) is 4.15. The third kappa shape index (κ3) is 3.27. The second kappa shape index (κ2) is 6.93. The van der Waals surface area contributed by atoms with Crippen molar-refractivity contribution in [2.75, 3.05) is 14.2 Å². The second-order valence-electron chi connectivity index (χ2n) is 5.39. The Bertz CT molecular complexity index is 740. The third-order valence-electron chi connectivity index (χ3n) is 4.05. The molecular weight excluding hydrogens is 308 g/mol. The monoisotopic (exact) mass is 326 g/mol. The molecule has 0 bridgehead atoms. The fourth-order valence-electron chi connectivity index (χ4n) is 2.89. The molecule has 0 aliphatic heterocycles. The van der Waals surface area contributed by atoms with Crippen molar-refractivity contribution in [1.29, 1.82) is 0 Å². The molecule has 118 valence electrons. The van der Waals surface area contributed by atoms with Gasteiger partial charge < -0.3 is 9.47 Å². The molecule has 23 heavy (non-hydrogen) atoms. The van der Waals surface area contributed by atoms with E-state index in [1.54, 1.807) is 14.2 Å². The molecule has 0 saturated heterocycles. The van der Waals surface area contributed by atoms with Gasteiger partial charge in [0.15, 0.2) is 0 Å². The van der Waals surface area contributed by atoms with Crippen molar-refractivity contribution in [1.82, 2.24) is 0 Å².